The molecule has 0 saturated heterocycles. The quantitative estimate of drug-likeness (QED) is 0.840. The summed E-state index contributed by atoms with van der Waals surface area (Å²) in [5, 5.41) is 10.0. The molecule has 0 aliphatic carbocycles. The summed E-state index contributed by atoms with van der Waals surface area (Å²) in [7, 11) is 0. The molecule has 15 heavy (non-hydrogen) atoms. The summed E-state index contributed by atoms with van der Waals surface area (Å²) in [5.41, 5.74) is 6.32. The smallest absolute Gasteiger partial charge is 0.125 e. The fourth-order valence-corrected chi connectivity index (χ4v) is 1.61. The minimum absolute atomic E-state index is 0.0158. The van der Waals surface area contributed by atoms with Crippen molar-refractivity contribution >= 4 is 11.6 Å². The third-order valence-electron chi connectivity index (χ3n) is 2.32. The van der Waals surface area contributed by atoms with Gasteiger partial charge in [0.25, 0.3) is 0 Å². The van der Waals surface area contributed by atoms with Gasteiger partial charge in [-0.3, -0.25) is 0 Å². The maximum atomic E-state index is 13.0. The molecule has 0 aliphatic heterocycles. The molecule has 0 spiro atoms. The van der Waals surface area contributed by atoms with Crippen molar-refractivity contribution in [1.82, 2.24) is 0 Å². The van der Waals surface area contributed by atoms with Crippen molar-refractivity contribution in [2.24, 2.45) is 11.7 Å². The lowest BCUT2D eigenvalue weighted by Crippen LogP contribution is -2.30. The van der Waals surface area contributed by atoms with Crippen LogP contribution < -0.4 is 5.73 Å². The van der Waals surface area contributed by atoms with E-state index in [-0.39, 0.29) is 10.9 Å². The Kier molecular flexibility index (Phi) is 4.08. The van der Waals surface area contributed by atoms with Gasteiger partial charge >= 0.3 is 0 Å². The molecule has 0 saturated carbocycles. The number of aliphatic hydroxyl groups is 1. The largest absolute Gasteiger partial charge is 0.391 e. The summed E-state index contributed by atoms with van der Waals surface area (Å²) in [5.74, 6) is -0.425. The van der Waals surface area contributed by atoms with Crippen LogP contribution >= 0.6 is 11.6 Å². The highest BCUT2D eigenvalue weighted by Crippen LogP contribution is 2.23. The summed E-state index contributed by atoms with van der Waals surface area (Å²) in [6.07, 6.45) is -0.706. The van der Waals surface area contributed by atoms with E-state index in [0.29, 0.717) is 5.56 Å². The Morgan fingerprint density at radius 3 is 2.40 bits per heavy atom. The zero-order valence-electron chi connectivity index (χ0n) is 8.74. The topological polar surface area (TPSA) is 46.2 Å². The highest BCUT2D eigenvalue weighted by Gasteiger charge is 2.20. The molecule has 1 rings (SSSR count). The minimum Gasteiger partial charge on any atom is -0.391 e. The zero-order valence-corrected chi connectivity index (χ0v) is 9.50. The van der Waals surface area contributed by atoms with E-state index in [1.807, 2.05) is 13.8 Å². The van der Waals surface area contributed by atoms with Gasteiger partial charge in [0.15, 0.2) is 0 Å². The van der Waals surface area contributed by atoms with E-state index in [1.165, 1.54) is 12.1 Å². The number of hydrogen-bond donors (Lipinski definition) is 2. The van der Waals surface area contributed by atoms with Crippen molar-refractivity contribution in [3.63, 3.8) is 0 Å². The molecule has 4 heteroatoms. The molecule has 1 aromatic rings. The monoisotopic (exact) mass is 231 g/mol. The molecule has 0 fully saturated rings. The summed E-state index contributed by atoms with van der Waals surface area (Å²) in [6, 6.07) is 3.46. The minimum atomic E-state index is -0.706. The van der Waals surface area contributed by atoms with E-state index in [9.17, 15) is 9.50 Å². The summed E-state index contributed by atoms with van der Waals surface area (Å²) in [4.78, 5) is 0. The third kappa shape index (κ3) is 3.16. The first kappa shape index (κ1) is 12.4. The van der Waals surface area contributed by atoms with Crippen LogP contribution in [0.4, 0.5) is 4.39 Å². The van der Waals surface area contributed by atoms with Crippen LogP contribution in [0.5, 0.6) is 0 Å². The Morgan fingerprint density at radius 1 is 1.33 bits per heavy atom. The number of halogens is 2. The Hall–Kier alpha value is -0.640. The van der Waals surface area contributed by atoms with E-state index < -0.39 is 18.0 Å². The number of nitrogens with two attached hydrogens (primary N) is 1. The van der Waals surface area contributed by atoms with Crippen molar-refractivity contribution in [1.29, 1.82) is 0 Å². The van der Waals surface area contributed by atoms with E-state index in [1.54, 1.807) is 6.07 Å². The maximum Gasteiger partial charge on any atom is 0.125 e. The molecule has 0 aliphatic rings. The fraction of sp³-hybridized carbons (Fsp3) is 0.455. The van der Waals surface area contributed by atoms with Crippen LogP contribution in [0.1, 0.15) is 25.5 Å². The first-order chi connectivity index (χ1) is 6.91. The Balaban J connectivity index is 2.95. The van der Waals surface area contributed by atoms with Gasteiger partial charge in [-0.1, -0.05) is 25.4 Å². The van der Waals surface area contributed by atoms with Crippen LogP contribution in [-0.2, 0) is 0 Å². The number of rotatable bonds is 3. The van der Waals surface area contributed by atoms with Crippen LogP contribution in [0.2, 0.25) is 5.02 Å². The van der Waals surface area contributed by atoms with E-state index in [0.717, 1.165) is 0 Å². The van der Waals surface area contributed by atoms with Gasteiger partial charge in [0.2, 0.25) is 0 Å². The molecule has 0 heterocycles. The van der Waals surface area contributed by atoms with Crippen LogP contribution in [-0.4, -0.2) is 11.2 Å². The Labute approximate surface area is 93.9 Å². The lowest BCUT2D eigenvalue weighted by atomic mass is 9.94. The summed E-state index contributed by atoms with van der Waals surface area (Å²) in [6.45, 7) is 3.71. The predicted molar refractivity (Wildman–Crippen MR) is 59.2 cm³/mol. The van der Waals surface area contributed by atoms with Crippen LogP contribution in [0.3, 0.4) is 0 Å². The summed E-state index contributed by atoms with van der Waals surface area (Å²) >= 11 is 5.70. The molecule has 1 aromatic carbocycles. The van der Waals surface area contributed by atoms with E-state index >= 15 is 0 Å². The molecular formula is C11H15ClFNO. The van der Waals surface area contributed by atoms with Crippen molar-refractivity contribution in [3.8, 4) is 0 Å². The molecular weight excluding hydrogens is 217 g/mol. The molecule has 3 N–H and O–H groups in total. The zero-order chi connectivity index (χ0) is 11.6. The number of aliphatic hydroxyl groups excluding tert-OH is 1. The highest BCUT2D eigenvalue weighted by atomic mass is 35.5. The first-order valence-corrected chi connectivity index (χ1v) is 5.19. The van der Waals surface area contributed by atoms with Gasteiger partial charge in [-0.15, -0.1) is 0 Å². The summed E-state index contributed by atoms with van der Waals surface area (Å²) < 4.78 is 13.0. The molecule has 0 amide bonds. The van der Waals surface area contributed by atoms with Crippen molar-refractivity contribution in [2.45, 2.75) is 26.0 Å². The normalized spacial score (nSPS) is 15.4. The van der Waals surface area contributed by atoms with Gasteiger partial charge < -0.3 is 10.8 Å². The first-order valence-electron chi connectivity index (χ1n) is 4.81. The lowest BCUT2D eigenvalue weighted by Gasteiger charge is -2.22. The fourth-order valence-electron chi connectivity index (χ4n) is 1.38. The average molecular weight is 232 g/mol. The van der Waals surface area contributed by atoms with Gasteiger partial charge in [-0.25, -0.2) is 4.39 Å². The van der Waals surface area contributed by atoms with Crippen LogP contribution in [0, 0.1) is 11.7 Å². The van der Waals surface area contributed by atoms with E-state index in [2.05, 4.69) is 0 Å². The van der Waals surface area contributed by atoms with Gasteiger partial charge in [0, 0.05) is 5.02 Å². The number of hydrogen-bond acceptors (Lipinski definition) is 2. The second-order valence-electron chi connectivity index (χ2n) is 3.96. The predicted octanol–water partition coefficient (Wildman–Crippen LogP) is 2.50. The molecule has 2 atom stereocenters. The highest BCUT2D eigenvalue weighted by molar-refractivity contribution is 6.30. The van der Waals surface area contributed by atoms with Crippen molar-refractivity contribution in [3.05, 3.63) is 34.6 Å². The lowest BCUT2D eigenvalue weighted by molar-refractivity contribution is 0.0978. The molecule has 2 nitrogen and oxygen atoms in total. The van der Waals surface area contributed by atoms with Crippen LogP contribution in [0.25, 0.3) is 0 Å². The SMILES string of the molecule is CC(C)[C@H](O)[C@H](N)c1cc(F)cc(Cl)c1. The van der Waals surface area contributed by atoms with Crippen molar-refractivity contribution in [2.75, 3.05) is 0 Å². The Morgan fingerprint density at radius 2 is 1.93 bits per heavy atom. The number of benzene rings is 1. The standard InChI is InChI=1S/C11H15ClFNO/c1-6(2)11(15)10(14)7-3-8(12)5-9(13)4-7/h3-6,10-11,15H,14H2,1-2H3/t10-,11+/m1/s1. The van der Waals surface area contributed by atoms with Crippen LogP contribution in [0.15, 0.2) is 18.2 Å². The van der Waals surface area contributed by atoms with Gasteiger partial charge in [0.1, 0.15) is 5.82 Å². The second-order valence-corrected chi connectivity index (χ2v) is 4.40. The molecule has 0 radical (unpaired) electrons. The van der Waals surface area contributed by atoms with Gasteiger partial charge in [-0.05, 0) is 29.7 Å². The third-order valence-corrected chi connectivity index (χ3v) is 2.54. The molecule has 0 bridgehead atoms. The molecule has 0 aromatic heterocycles. The Bertz CT molecular complexity index is 323. The molecule has 0 unspecified atom stereocenters. The van der Waals surface area contributed by atoms with Gasteiger partial charge in [0.05, 0.1) is 12.1 Å². The molecule has 84 valence electrons. The maximum absolute atomic E-state index is 13.0. The van der Waals surface area contributed by atoms with Gasteiger partial charge in [-0.2, -0.15) is 0 Å². The van der Waals surface area contributed by atoms with Crippen molar-refractivity contribution < 1.29 is 9.50 Å². The van der Waals surface area contributed by atoms with E-state index in [4.69, 9.17) is 17.3 Å². The second kappa shape index (κ2) is 4.92. The average Bonchev–Trinajstić information content (AvgIpc) is 2.13.